The molecule has 0 spiro atoms. The lowest BCUT2D eigenvalue weighted by atomic mass is 10.1. The Kier molecular flexibility index (Phi) is 3.15. The van der Waals surface area contributed by atoms with Crippen molar-refractivity contribution >= 4 is 15.8 Å². The quantitative estimate of drug-likeness (QED) is 0.912. The van der Waals surface area contributed by atoms with E-state index in [1.165, 1.54) is 16.9 Å². The summed E-state index contributed by atoms with van der Waals surface area (Å²) in [5, 5.41) is 13.0. The number of benzene rings is 1. The van der Waals surface area contributed by atoms with Crippen LogP contribution in [0.1, 0.15) is 10.4 Å². The van der Waals surface area contributed by atoms with Crippen molar-refractivity contribution in [2.75, 3.05) is 6.26 Å². The molecule has 1 N–H and O–H groups in total. The third-order valence-electron chi connectivity index (χ3n) is 2.71. The first-order valence-electron chi connectivity index (χ1n) is 5.37. The Balaban J connectivity index is 2.81. The Morgan fingerprint density at radius 1 is 1.32 bits per heavy atom. The molecule has 0 aliphatic carbocycles. The molecule has 0 saturated carbocycles. The lowest BCUT2D eigenvalue weighted by molar-refractivity contribution is 0.0697. The number of aryl methyl sites for hydroxylation is 1. The van der Waals surface area contributed by atoms with E-state index in [0.717, 1.165) is 6.26 Å². The van der Waals surface area contributed by atoms with E-state index < -0.39 is 15.8 Å². The second-order valence-electron chi connectivity index (χ2n) is 4.10. The molecule has 1 aromatic heterocycles. The van der Waals surface area contributed by atoms with Gasteiger partial charge in [-0.15, -0.1) is 0 Å². The molecule has 19 heavy (non-hydrogen) atoms. The summed E-state index contributed by atoms with van der Waals surface area (Å²) >= 11 is 0. The van der Waals surface area contributed by atoms with Crippen LogP contribution in [0.5, 0.6) is 0 Å². The summed E-state index contributed by atoms with van der Waals surface area (Å²) in [4.78, 5) is 11.3. The van der Waals surface area contributed by atoms with Crippen molar-refractivity contribution in [3.63, 3.8) is 0 Å². The van der Waals surface area contributed by atoms with Gasteiger partial charge in [-0.2, -0.15) is 5.10 Å². The van der Waals surface area contributed by atoms with Crippen LogP contribution in [-0.4, -0.2) is 35.5 Å². The van der Waals surface area contributed by atoms with Crippen LogP contribution >= 0.6 is 0 Å². The van der Waals surface area contributed by atoms with E-state index in [-0.39, 0.29) is 16.2 Å². The van der Waals surface area contributed by atoms with Gasteiger partial charge in [0.15, 0.2) is 9.84 Å². The average molecular weight is 280 g/mol. The van der Waals surface area contributed by atoms with E-state index in [2.05, 4.69) is 5.10 Å². The maximum absolute atomic E-state index is 11.8. The first-order chi connectivity index (χ1) is 8.82. The summed E-state index contributed by atoms with van der Waals surface area (Å²) in [7, 11) is -1.88. The van der Waals surface area contributed by atoms with Crippen LogP contribution in [0.3, 0.4) is 0 Å². The van der Waals surface area contributed by atoms with Crippen molar-refractivity contribution < 1.29 is 18.3 Å². The van der Waals surface area contributed by atoms with Crippen molar-refractivity contribution in [1.29, 1.82) is 0 Å². The number of carboxylic acids is 1. The van der Waals surface area contributed by atoms with Crippen molar-refractivity contribution in [2.45, 2.75) is 4.90 Å². The van der Waals surface area contributed by atoms with E-state index in [4.69, 9.17) is 5.11 Å². The predicted octanol–water partition coefficient (Wildman–Crippen LogP) is 1.19. The molecule has 0 amide bonds. The monoisotopic (exact) mass is 280 g/mol. The van der Waals surface area contributed by atoms with E-state index >= 15 is 0 Å². The second-order valence-corrected chi connectivity index (χ2v) is 6.09. The SMILES string of the molecule is Cn1ncc(C(=O)O)c1-c1ccccc1S(C)(=O)=O. The second kappa shape index (κ2) is 4.51. The van der Waals surface area contributed by atoms with Gasteiger partial charge in [-0.05, 0) is 6.07 Å². The fraction of sp³-hybridized carbons (Fsp3) is 0.167. The van der Waals surface area contributed by atoms with Crippen LogP contribution in [-0.2, 0) is 16.9 Å². The molecule has 100 valence electrons. The van der Waals surface area contributed by atoms with E-state index in [1.54, 1.807) is 25.2 Å². The number of carboxylic acid groups (broad SMARTS) is 1. The molecule has 1 heterocycles. The highest BCUT2D eigenvalue weighted by Gasteiger charge is 2.22. The highest BCUT2D eigenvalue weighted by molar-refractivity contribution is 7.90. The number of rotatable bonds is 3. The number of hydrogen-bond acceptors (Lipinski definition) is 4. The summed E-state index contributed by atoms with van der Waals surface area (Å²) in [6.07, 6.45) is 2.29. The zero-order valence-corrected chi connectivity index (χ0v) is 11.2. The first kappa shape index (κ1) is 13.3. The van der Waals surface area contributed by atoms with Gasteiger partial charge in [0.05, 0.1) is 16.8 Å². The van der Waals surface area contributed by atoms with Crippen molar-refractivity contribution in [1.82, 2.24) is 9.78 Å². The molecule has 0 aliphatic heterocycles. The lowest BCUT2D eigenvalue weighted by Gasteiger charge is -2.09. The number of hydrogen-bond donors (Lipinski definition) is 1. The Morgan fingerprint density at radius 3 is 2.53 bits per heavy atom. The Hall–Kier alpha value is -2.15. The van der Waals surface area contributed by atoms with Gasteiger partial charge >= 0.3 is 5.97 Å². The fourth-order valence-electron chi connectivity index (χ4n) is 1.90. The Bertz CT molecular complexity index is 747. The topological polar surface area (TPSA) is 89.3 Å². The first-order valence-corrected chi connectivity index (χ1v) is 7.26. The highest BCUT2D eigenvalue weighted by Crippen LogP contribution is 2.29. The molecule has 0 radical (unpaired) electrons. The molecule has 2 rings (SSSR count). The van der Waals surface area contributed by atoms with Crippen LogP contribution in [0, 0.1) is 0 Å². The normalized spacial score (nSPS) is 11.5. The number of nitrogens with zero attached hydrogens (tertiary/aromatic N) is 2. The number of carbonyl (C=O) groups is 1. The zero-order valence-electron chi connectivity index (χ0n) is 10.4. The summed E-state index contributed by atoms with van der Waals surface area (Å²) in [6.45, 7) is 0. The van der Waals surface area contributed by atoms with Crippen LogP contribution < -0.4 is 0 Å². The zero-order chi connectivity index (χ0) is 14.2. The van der Waals surface area contributed by atoms with Gasteiger partial charge in [-0.3, -0.25) is 4.68 Å². The van der Waals surface area contributed by atoms with Gasteiger partial charge in [0.25, 0.3) is 0 Å². The minimum absolute atomic E-state index is 0.0291. The predicted molar refractivity (Wildman–Crippen MR) is 68.7 cm³/mol. The van der Waals surface area contributed by atoms with Crippen molar-refractivity contribution in [3.05, 3.63) is 36.0 Å². The summed E-state index contributed by atoms with van der Waals surface area (Å²) in [5.74, 6) is -1.15. The summed E-state index contributed by atoms with van der Waals surface area (Å²) in [6, 6.07) is 6.27. The Morgan fingerprint density at radius 2 is 1.95 bits per heavy atom. The number of aromatic nitrogens is 2. The molecule has 0 aliphatic rings. The summed E-state index contributed by atoms with van der Waals surface area (Å²) < 4.78 is 24.9. The third kappa shape index (κ3) is 2.37. The molecule has 0 atom stereocenters. The van der Waals surface area contributed by atoms with Gasteiger partial charge in [0, 0.05) is 18.9 Å². The molecule has 6 nitrogen and oxygen atoms in total. The fourth-order valence-corrected chi connectivity index (χ4v) is 2.79. The standard InChI is InChI=1S/C12H12N2O4S/c1-14-11(9(7-13-14)12(15)16)8-5-3-4-6-10(8)19(2,17)18/h3-7H,1-2H3,(H,15,16). The van der Waals surface area contributed by atoms with Crippen LogP contribution in [0.25, 0.3) is 11.3 Å². The molecule has 0 fully saturated rings. The summed E-state index contributed by atoms with van der Waals surface area (Å²) in [5.41, 5.74) is 0.578. The molecule has 1 aromatic carbocycles. The molecule has 0 unspecified atom stereocenters. The van der Waals surface area contributed by atoms with Crippen molar-refractivity contribution in [3.8, 4) is 11.3 Å². The highest BCUT2D eigenvalue weighted by atomic mass is 32.2. The maximum Gasteiger partial charge on any atom is 0.339 e. The molecular weight excluding hydrogens is 268 g/mol. The van der Waals surface area contributed by atoms with Gasteiger partial charge in [-0.25, -0.2) is 13.2 Å². The largest absolute Gasteiger partial charge is 0.478 e. The smallest absolute Gasteiger partial charge is 0.339 e. The van der Waals surface area contributed by atoms with Gasteiger partial charge in [-0.1, -0.05) is 18.2 Å². The van der Waals surface area contributed by atoms with Gasteiger partial charge in [0.1, 0.15) is 5.56 Å². The Labute approximate surface area is 110 Å². The van der Waals surface area contributed by atoms with Crippen LogP contribution in [0.15, 0.2) is 35.4 Å². The molecule has 7 heteroatoms. The van der Waals surface area contributed by atoms with E-state index in [9.17, 15) is 13.2 Å². The lowest BCUT2D eigenvalue weighted by Crippen LogP contribution is -2.05. The van der Waals surface area contributed by atoms with E-state index in [0.29, 0.717) is 5.56 Å². The minimum Gasteiger partial charge on any atom is -0.478 e. The molecule has 0 bridgehead atoms. The van der Waals surface area contributed by atoms with Crippen molar-refractivity contribution in [2.24, 2.45) is 7.05 Å². The molecule has 0 saturated heterocycles. The third-order valence-corrected chi connectivity index (χ3v) is 3.87. The molecular formula is C12H12N2O4S. The number of sulfone groups is 1. The number of aromatic carboxylic acids is 1. The van der Waals surface area contributed by atoms with Crippen LogP contribution in [0.4, 0.5) is 0 Å². The maximum atomic E-state index is 11.8. The van der Waals surface area contributed by atoms with Gasteiger partial charge in [0.2, 0.25) is 0 Å². The van der Waals surface area contributed by atoms with Gasteiger partial charge < -0.3 is 5.11 Å². The molecule has 2 aromatic rings. The average Bonchev–Trinajstić information content (AvgIpc) is 2.70. The minimum atomic E-state index is -3.45. The van der Waals surface area contributed by atoms with Crippen LogP contribution in [0.2, 0.25) is 0 Å². The van der Waals surface area contributed by atoms with E-state index in [1.807, 2.05) is 0 Å².